The maximum atomic E-state index is 5.71. The SMILES string of the molecule is CC.CC.CC(C)C1=CNNC(OCC2CCOC2)=C1. The van der Waals surface area contributed by atoms with Crippen LogP contribution in [0.1, 0.15) is 48.0 Å². The van der Waals surface area contributed by atoms with Crippen LogP contribution in [0, 0.1) is 11.8 Å². The summed E-state index contributed by atoms with van der Waals surface area (Å²) in [7, 11) is 0. The molecule has 0 bridgehead atoms. The number of rotatable bonds is 4. The summed E-state index contributed by atoms with van der Waals surface area (Å²) >= 11 is 0. The van der Waals surface area contributed by atoms with Crippen molar-refractivity contribution in [2.45, 2.75) is 48.0 Å². The second-order valence-corrected chi connectivity index (χ2v) is 4.62. The molecule has 2 N–H and O–H groups in total. The molecule has 1 atom stereocenters. The summed E-state index contributed by atoms with van der Waals surface area (Å²) in [5.41, 5.74) is 7.25. The van der Waals surface area contributed by atoms with Crippen LogP contribution < -0.4 is 10.9 Å². The molecule has 0 radical (unpaired) electrons. The first-order valence-electron chi connectivity index (χ1n) is 7.89. The van der Waals surface area contributed by atoms with Crippen molar-refractivity contribution in [3.63, 3.8) is 0 Å². The predicted octanol–water partition coefficient (Wildman–Crippen LogP) is 3.58. The molecule has 4 nitrogen and oxygen atoms in total. The molecule has 1 unspecified atom stereocenters. The lowest BCUT2D eigenvalue weighted by Crippen LogP contribution is -2.32. The van der Waals surface area contributed by atoms with Gasteiger partial charge >= 0.3 is 0 Å². The maximum Gasteiger partial charge on any atom is 0.205 e. The molecule has 0 amide bonds. The van der Waals surface area contributed by atoms with Crippen LogP contribution in [0.4, 0.5) is 0 Å². The van der Waals surface area contributed by atoms with Gasteiger partial charge in [-0.2, -0.15) is 0 Å². The molecular formula is C16H32N2O2. The third-order valence-electron chi connectivity index (χ3n) is 2.90. The van der Waals surface area contributed by atoms with Gasteiger partial charge in [-0.25, -0.2) is 0 Å². The minimum Gasteiger partial charge on any atom is -0.478 e. The summed E-state index contributed by atoms with van der Waals surface area (Å²) in [5, 5.41) is 0. The molecule has 0 spiro atoms. The van der Waals surface area contributed by atoms with Crippen molar-refractivity contribution in [3.05, 3.63) is 23.7 Å². The highest BCUT2D eigenvalue weighted by molar-refractivity contribution is 5.24. The standard InChI is InChI=1S/C12H20N2O2.2C2H6/c1-9(2)11-5-12(14-13-6-11)16-8-10-3-4-15-7-10;2*1-2/h5-6,9-10,13-14H,3-4,7-8H2,1-2H3;2*1-2H3. The molecule has 1 fully saturated rings. The highest BCUT2D eigenvalue weighted by Crippen LogP contribution is 2.17. The number of hydrazine groups is 1. The first kappa shape index (κ1) is 18.8. The van der Waals surface area contributed by atoms with E-state index in [1.54, 1.807) is 0 Å². The Balaban J connectivity index is 0.000000829. The van der Waals surface area contributed by atoms with Gasteiger partial charge in [0.05, 0.1) is 13.2 Å². The zero-order chi connectivity index (χ0) is 15.4. The number of hydrogen-bond acceptors (Lipinski definition) is 4. The van der Waals surface area contributed by atoms with E-state index in [4.69, 9.17) is 9.47 Å². The van der Waals surface area contributed by atoms with E-state index in [2.05, 4.69) is 30.8 Å². The van der Waals surface area contributed by atoms with Crippen LogP contribution in [0.3, 0.4) is 0 Å². The van der Waals surface area contributed by atoms with Crippen molar-refractivity contribution in [1.82, 2.24) is 10.9 Å². The number of allylic oxidation sites excluding steroid dienone is 2. The summed E-state index contributed by atoms with van der Waals surface area (Å²) in [6, 6.07) is 0. The molecule has 2 aliphatic rings. The Bertz CT molecular complexity index is 293. The molecular weight excluding hydrogens is 252 g/mol. The molecule has 0 saturated carbocycles. The van der Waals surface area contributed by atoms with E-state index in [0.29, 0.717) is 11.8 Å². The molecule has 2 heterocycles. The van der Waals surface area contributed by atoms with Crippen LogP contribution >= 0.6 is 0 Å². The third-order valence-corrected chi connectivity index (χ3v) is 2.90. The van der Waals surface area contributed by atoms with Gasteiger partial charge in [0, 0.05) is 24.8 Å². The van der Waals surface area contributed by atoms with Crippen molar-refractivity contribution < 1.29 is 9.47 Å². The van der Waals surface area contributed by atoms with E-state index in [1.165, 1.54) is 5.57 Å². The zero-order valence-electron chi connectivity index (χ0n) is 14.0. The van der Waals surface area contributed by atoms with E-state index in [-0.39, 0.29) is 0 Å². The van der Waals surface area contributed by atoms with E-state index >= 15 is 0 Å². The van der Waals surface area contributed by atoms with Crippen molar-refractivity contribution in [1.29, 1.82) is 0 Å². The van der Waals surface area contributed by atoms with Crippen molar-refractivity contribution in [2.75, 3.05) is 19.8 Å². The average molecular weight is 284 g/mol. The Hall–Kier alpha value is -1.16. The highest BCUT2D eigenvalue weighted by atomic mass is 16.5. The Labute approximate surface area is 124 Å². The largest absolute Gasteiger partial charge is 0.478 e. The van der Waals surface area contributed by atoms with E-state index in [9.17, 15) is 0 Å². The second kappa shape index (κ2) is 11.6. The first-order valence-corrected chi connectivity index (χ1v) is 7.89. The summed E-state index contributed by atoms with van der Waals surface area (Å²) in [5.74, 6) is 1.84. The van der Waals surface area contributed by atoms with Crippen LogP contribution in [0.15, 0.2) is 23.7 Å². The normalized spacial score (nSPS) is 20.2. The second-order valence-electron chi connectivity index (χ2n) is 4.62. The van der Waals surface area contributed by atoms with Gasteiger partial charge in [0.15, 0.2) is 0 Å². The highest BCUT2D eigenvalue weighted by Gasteiger charge is 2.17. The van der Waals surface area contributed by atoms with E-state index in [1.807, 2.05) is 33.9 Å². The molecule has 4 heteroatoms. The number of nitrogens with one attached hydrogen (secondary N) is 2. The first-order chi connectivity index (χ1) is 9.75. The van der Waals surface area contributed by atoms with Gasteiger partial charge in [0.2, 0.25) is 5.88 Å². The molecule has 0 aliphatic carbocycles. The average Bonchev–Trinajstić information content (AvgIpc) is 3.03. The quantitative estimate of drug-likeness (QED) is 0.828. The molecule has 0 aromatic rings. The van der Waals surface area contributed by atoms with Gasteiger partial charge in [0.25, 0.3) is 0 Å². The van der Waals surface area contributed by atoms with Crippen molar-refractivity contribution >= 4 is 0 Å². The molecule has 20 heavy (non-hydrogen) atoms. The minimum absolute atomic E-state index is 0.503. The Morgan fingerprint density at radius 1 is 1.30 bits per heavy atom. The summed E-state index contributed by atoms with van der Waals surface area (Å²) in [4.78, 5) is 0. The smallest absolute Gasteiger partial charge is 0.205 e. The number of hydrogen-bond donors (Lipinski definition) is 2. The molecule has 0 aromatic carbocycles. The maximum absolute atomic E-state index is 5.71. The van der Waals surface area contributed by atoms with Crippen LogP contribution in [0.2, 0.25) is 0 Å². The lowest BCUT2D eigenvalue weighted by molar-refractivity contribution is 0.123. The van der Waals surface area contributed by atoms with Crippen LogP contribution in [-0.4, -0.2) is 19.8 Å². The summed E-state index contributed by atoms with van der Waals surface area (Å²) in [6.07, 6.45) is 5.13. The topological polar surface area (TPSA) is 42.5 Å². The monoisotopic (exact) mass is 284 g/mol. The predicted molar refractivity (Wildman–Crippen MR) is 84.8 cm³/mol. The molecule has 2 rings (SSSR count). The summed E-state index contributed by atoms with van der Waals surface area (Å²) < 4.78 is 11.0. The molecule has 1 saturated heterocycles. The Kier molecular flexibility index (Phi) is 11.0. The van der Waals surface area contributed by atoms with Gasteiger partial charge in [-0.15, -0.1) is 0 Å². The van der Waals surface area contributed by atoms with E-state index in [0.717, 1.165) is 32.1 Å². The molecule has 0 aromatic heterocycles. The fourth-order valence-corrected chi connectivity index (χ4v) is 1.75. The van der Waals surface area contributed by atoms with Crippen molar-refractivity contribution in [2.24, 2.45) is 11.8 Å². The number of ether oxygens (including phenoxy) is 2. The fourth-order valence-electron chi connectivity index (χ4n) is 1.75. The van der Waals surface area contributed by atoms with Crippen LogP contribution in [-0.2, 0) is 9.47 Å². The van der Waals surface area contributed by atoms with Crippen LogP contribution in [0.25, 0.3) is 0 Å². The fraction of sp³-hybridized carbons (Fsp3) is 0.750. The minimum atomic E-state index is 0.503. The Morgan fingerprint density at radius 2 is 2.00 bits per heavy atom. The van der Waals surface area contributed by atoms with Gasteiger partial charge in [-0.3, -0.25) is 5.43 Å². The molecule has 118 valence electrons. The van der Waals surface area contributed by atoms with Gasteiger partial charge in [-0.05, 0) is 17.9 Å². The molecule has 2 aliphatic heterocycles. The lowest BCUT2D eigenvalue weighted by atomic mass is 10.0. The van der Waals surface area contributed by atoms with Crippen molar-refractivity contribution in [3.8, 4) is 0 Å². The van der Waals surface area contributed by atoms with Crippen LogP contribution in [0.5, 0.6) is 0 Å². The van der Waals surface area contributed by atoms with Gasteiger partial charge in [-0.1, -0.05) is 41.5 Å². The summed E-state index contributed by atoms with van der Waals surface area (Å²) in [6.45, 7) is 14.8. The third kappa shape index (κ3) is 6.85. The van der Waals surface area contributed by atoms with Gasteiger partial charge < -0.3 is 14.9 Å². The zero-order valence-corrected chi connectivity index (χ0v) is 14.0. The lowest BCUT2D eigenvalue weighted by Gasteiger charge is -2.20. The Morgan fingerprint density at radius 3 is 2.55 bits per heavy atom. The van der Waals surface area contributed by atoms with Gasteiger partial charge in [0.1, 0.15) is 0 Å². The van der Waals surface area contributed by atoms with E-state index < -0.39 is 0 Å².